The minimum Gasteiger partial charge on any atom is -0.490 e. The number of ether oxygens (including phenoxy) is 2. The molecule has 0 aliphatic heterocycles. The average molecular weight is 287 g/mol. The zero-order chi connectivity index (χ0) is 15.1. The molecule has 1 amide bonds. The molecule has 21 heavy (non-hydrogen) atoms. The Morgan fingerprint density at radius 3 is 2.57 bits per heavy atom. The van der Waals surface area contributed by atoms with Crippen molar-refractivity contribution in [1.82, 2.24) is 9.97 Å². The van der Waals surface area contributed by atoms with Gasteiger partial charge >= 0.3 is 0 Å². The molecule has 0 unspecified atom stereocenters. The molecule has 6 nitrogen and oxygen atoms in total. The van der Waals surface area contributed by atoms with Gasteiger partial charge < -0.3 is 14.8 Å². The van der Waals surface area contributed by atoms with Crippen molar-refractivity contribution < 1.29 is 14.3 Å². The van der Waals surface area contributed by atoms with Crippen LogP contribution in [0.3, 0.4) is 0 Å². The Balaban J connectivity index is 2.16. The molecule has 110 valence electrons. The number of aromatic nitrogens is 2. The first-order valence-corrected chi connectivity index (χ1v) is 6.71. The molecule has 0 saturated carbocycles. The molecule has 1 N–H and O–H groups in total. The van der Waals surface area contributed by atoms with E-state index in [4.69, 9.17) is 9.47 Å². The van der Waals surface area contributed by atoms with Crippen molar-refractivity contribution in [3.63, 3.8) is 0 Å². The lowest BCUT2D eigenvalue weighted by Gasteiger charge is -2.12. The van der Waals surface area contributed by atoms with Gasteiger partial charge in [-0.2, -0.15) is 0 Å². The van der Waals surface area contributed by atoms with Gasteiger partial charge in [-0.3, -0.25) is 9.78 Å². The summed E-state index contributed by atoms with van der Waals surface area (Å²) >= 11 is 0. The molecule has 0 saturated heterocycles. The van der Waals surface area contributed by atoms with Crippen LogP contribution in [0.15, 0.2) is 36.8 Å². The minimum absolute atomic E-state index is 0.254. The molecule has 1 aromatic heterocycles. The molecule has 6 heteroatoms. The number of hydrogen-bond donors (Lipinski definition) is 1. The first-order valence-electron chi connectivity index (χ1n) is 6.71. The van der Waals surface area contributed by atoms with Gasteiger partial charge in [-0.05, 0) is 26.0 Å². The van der Waals surface area contributed by atoms with E-state index in [1.165, 1.54) is 18.6 Å². The van der Waals surface area contributed by atoms with E-state index < -0.39 is 0 Å². The molecule has 0 aliphatic carbocycles. The minimum atomic E-state index is -0.324. The van der Waals surface area contributed by atoms with E-state index in [-0.39, 0.29) is 11.6 Å². The van der Waals surface area contributed by atoms with E-state index in [0.29, 0.717) is 30.4 Å². The second kappa shape index (κ2) is 7.23. The summed E-state index contributed by atoms with van der Waals surface area (Å²) in [4.78, 5) is 19.8. The van der Waals surface area contributed by atoms with Crippen molar-refractivity contribution in [2.45, 2.75) is 13.8 Å². The van der Waals surface area contributed by atoms with Gasteiger partial charge in [-0.15, -0.1) is 0 Å². The second-order valence-electron chi connectivity index (χ2n) is 4.07. The maximum atomic E-state index is 12.0. The van der Waals surface area contributed by atoms with Gasteiger partial charge in [0.1, 0.15) is 5.69 Å². The molecule has 0 fully saturated rings. The van der Waals surface area contributed by atoms with Gasteiger partial charge in [0, 0.05) is 24.1 Å². The van der Waals surface area contributed by atoms with Crippen LogP contribution in [0, 0.1) is 0 Å². The lowest BCUT2D eigenvalue weighted by Crippen LogP contribution is -2.14. The normalized spacial score (nSPS) is 10.0. The van der Waals surface area contributed by atoms with Crippen LogP contribution in [0.1, 0.15) is 24.3 Å². The summed E-state index contributed by atoms with van der Waals surface area (Å²) in [6.45, 7) is 4.85. The second-order valence-corrected chi connectivity index (χ2v) is 4.07. The van der Waals surface area contributed by atoms with Crippen molar-refractivity contribution >= 4 is 11.6 Å². The zero-order valence-corrected chi connectivity index (χ0v) is 12.0. The summed E-state index contributed by atoms with van der Waals surface area (Å²) < 4.78 is 11.0. The van der Waals surface area contributed by atoms with Crippen molar-refractivity contribution in [3.8, 4) is 11.5 Å². The molecule has 2 aromatic rings. The lowest BCUT2D eigenvalue weighted by molar-refractivity contribution is 0.102. The Bertz CT molecular complexity index is 602. The van der Waals surface area contributed by atoms with Gasteiger partial charge in [-0.1, -0.05) is 0 Å². The smallest absolute Gasteiger partial charge is 0.275 e. The van der Waals surface area contributed by atoms with Crippen molar-refractivity contribution in [2.24, 2.45) is 0 Å². The van der Waals surface area contributed by atoms with Crippen LogP contribution in [0.25, 0.3) is 0 Å². The Kier molecular flexibility index (Phi) is 5.09. The number of carbonyl (C=O) groups excluding carboxylic acids is 1. The third-order valence-corrected chi connectivity index (χ3v) is 2.60. The van der Waals surface area contributed by atoms with Crippen LogP contribution in [-0.2, 0) is 0 Å². The summed E-state index contributed by atoms with van der Waals surface area (Å²) in [5.74, 6) is 0.919. The van der Waals surface area contributed by atoms with Crippen LogP contribution < -0.4 is 14.8 Å². The number of nitrogens with one attached hydrogen (secondary N) is 1. The van der Waals surface area contributed by atoms with E-state index in [2.05, 4.69) is 15.3 Å². The van der Waals surface area contributed by atoms with Crippen molar-refractivity contribution in [3.05, 3.63) is 42.5 Å². The number of amides is 1. The lowest BCUT2D eigenvalue weighted by atomic mass is 10.2. The van der Waals surface area contributed by atoms with E-state index in [1.807, 2.05) is 13.8 Å². The Morgan fingerprint density at radius 1 is 1.14 bits per heavy atom. The topological polar surface area (TPSA) is 73.3 Å². The standard InChI is InChI=1S/C15H17N3O3/c1-3-20-13-6-5-11(9-14(13)21-4-2)18-15(19)12-10-16-7-8-17-12/h5-10H,3-4H2,1-2H3,(H,18,19). The molecule has 1 heterocycles. The fourth-order valence-electron chi connectivity index (χ4n) is 1.74. The highest BCUT2D eigenvalue weighted by Crippen LogP contribution is 2.30. The first kappa shape index (κ1) is 14.8. The summed E-state index contributed by atoms with van der Waals surface area (Å²) in [7, 11) is 0. The molecule has 1 aromatic carbocycles. The molecule has 0 atom stereocenters. The average Bonchev–Trinajstić information content (AvgIpc) is 2.51. The van der Waals surface area contributed by atoms with Crippen LogP contribution in [-0.4, -0.2) is 29.1 Å². The van der Waals surface area contributed by atoms with Crippen LogP contribution in [0.5, 0.6) is 11.5 Å². The predicted octanol–water partition coefficient (Wildman–Crippen LogP) is 2.53. The molecule has 0 radical (unpaired) electrons. The summed E-state index contributed by atoms with van der Waals surface area (Å²) in [5.41, 5.74) is 0.863. The summed E-state index contributed by atoms with van der Waals surface area (Å²) in [6, 6.07) is 5.24. The number of hydrogen-bond acceptors (Lipinski definition) is 5. The number of rotatable bonds is 6. The third-order valence-electron chi connectivity index (χ3n) is 2.60. The van der Waals surface area contributed by atoms with Crippen molar-refractivity contribution in [2.75, 3.05) is 18.5 Å². The third kappa shape index (κ3) is 3.92. The van der Waals surface area contributed by atoms with E-state index >= 15 is 0 Å². The highest BCUT2D eigenvalue weighted by molar-refractivity contribution is 6.02. The number of benzene rings is 1. The Labute approximate surface area is 123 Å². The monoisotopic (exact) mass is 287 g/mol. The molecule has 0 spiro atoms. The maximum absolute atomic E-state index is 12.0. The van der Waals surface area contributed by atoms with Crippen molar-refractivity contribution in [1.29, 1.82) is 0 Å². The van der Waals surface area contributed by atoms with Gasteiger partial charge in [0.05, 0.1) is 19.4 Å². The largest absolute Gasteiger partial charge is 0.490 e. The quantitative estimate of drug-likeness (QED) is 0.883. The molecule has 0 aliphatic rings. The molecular formula is C15H17N3O3. The zero-order valence-electron chi connectivity index (χ0n) is 12.0. The summed E-state index contributed by atoms with van der Waals surface area (Å²) in [6.07, 6.45) is 4.40. The molecule has 2 rings (SSSR count). The fraction of sp³-hybridized carbons (Fsp3) is 0.267. The molecule has 0 bridgehead atoms. The number of anilines is 1. The Hall–Kier alpha value is -2.63. The maximum Gasteiger partial charge on any atom is 0.275 e. The van der Waals surface area contributed by atoms with Gasteiger partial charge in [0.25, 0.3) is 5.91 Å². The highest BCUT2D eigenvalue weighted by atomic mass is 16.5. The van der Waals surface area contributed by atoms with E-state index in [1.54, 1.807) is 18.2 Å². The SMILES string of the molecule is CCOc1ccc(NC(=O)c2cnccn2)cc1OCC. The Morgan fingerprint density at radius 2 is 1.90 bits per heavy atom. The highest BCUT2D eigenvalue weighted by Gasteiger charge is 2.10. The van der Waals surface area contributed by atoms with Crippen LogP contribution in [0.2, 0.25) is 0 Å². The summed E-state index contributed by atoms with van der Waals surface area (Å²) in [5, 5.41) is 2.75. The fourth-order valence-corrected chi connectivity index (χ4v) is 1.74. The number of nitrogens with zero attached hydrogens (tertiary/aromatic N) is 2. The predicted molar refractivity (Wildman–Crippen MR) is 78.8 cm³/mol. The van der Waals surface area contributed by atoms with Gasteiger partial charge in [-0.25, -0.2) is 4.98 Å². The van der Waals surface area contributed by atoms with Crippen LogP contribution >= 0.6 is 0 Å². The molecular weight excluding hydrogens is 270 g/mol. The first-order chi connectivity index (χ1) is 10.2. The van der Waals surface area contributed by atoms with E-state index in [0.717, 1.165) is 0 Å². The van der Waals surface area contributed by atoms with Gasteiger partial charge in [0.15, 0.2) is 11.5 Å². The van der Waals surface area contributed by atoms with E-state index in [9.17, 15) is 4.79 Å². The number of carbonyl (C=O) groups is 1. The van der Waals surface area contributed by atoms with Gasteiger partial charge in [0.2, 0.25) is 0 Å². The van der Waals surface area contributed by atoms with Crippen LogP contribution in [0.4, 0.5) is 5.69 Å².